The summed E-state index contributed by atoms with van der Waals surface area (Å²) < 4.78 is 1.80. The van der Waals surface area contributed by atoms with Crippen LogP contribution in [0.25, 0.3) is 0 Å². The van der Waals surface area contributed by atoms with Gasteiger partial charge in [0.2, 0.25) is 0 Å². The first kappa shape index (κ1) is 12.4. The molecule has 2 N–H and O–H groups in total. The summed E-state index contributed by atoms with van der Waals surface area (Å²) in [4.78, 5) is 0. The van der Waals surface area contributed by atoms with Gasteiger partial charge in [0.15, 0.2) is 0 Å². The van der Waals surface area contributed by atoms with E-state index in [0.717, 1.165) is 12.0 Å². The molecular weight excluding hydrogens is 238 g/mol. The van der Waals surface area contributed by atoms with E-state index in [1.54, 1.807) is 4.68 Å². The second-order valence-electron chi connectivity index (χ2n) is 5.28. The van der Waals surface area contributed by atoms with Crippen LogP contribution in [0, 0.1) is 0 Å². The molecule has 1 aliphatic rings. The minimum atomic E-state index is -0.350. The van der Waals surface area contributed by atoms with Gasteiger partial charge in [0.25, 0.3) is 0 Å². The predicted molar refractivity (Wildman–Crippen MR) is 73.7 cm³/mol. The predicted octanol–water partition coefficient (Wildman–Crippen LogP) is 1.73. The molecule has 1 aromatic heterocycles. The van der Waals surface area contributed by atoms with Crippen molar-refractivity contribution in [1.82, 2.24) is 15.1 Å². The largest absolute Gasteiger partial charge is 0.391 e. The summed E-state index contributed by atoms with van der Waals surface area (Å²) in [5.41, 5.74) is 3.59. The van der Waals surface area contributed by atoms with E-state index in [1.165, 1.54) is 11.1 Å². The highest BCUT2D eigenvalue weighted by molar-refractivity contribution is 5.36. The van der Waals surface area contributed by atoms with Gasteiger partial charge >= 0.3 is 0 Å². The normalized spacial score (nSPS) is 23.3. The number of aliphatic hydroxyl groups excluding tert-OH is 1. The number of nitrogens with zero attached hydrogens (tertiary/aromatic N) is 2. The molecule has 0 spiro atoms. The van der Waals surface area contributed by atoms with Crippen molar-refractivity contribution in [2.24, 2.45) is 7.05 Å². The average molecular weight is 257 g/mol. The van der Waals surface area contributed by atoms with Crippen molar-refractivity contribution in [2.45, 2.75) is 31.5 Å². The third-order valence-electron chi connectivity index (χ3n) is 3.86. The van der Waals surface area contributed by atoms with Crippen LogP contribution in [-0.4, -0.2) is 21.0 Å². The minimum absolute atomic E-state index is 0.00593. The molecule has 3 rings (SSSR count). The van der Waals surface area contributed by atoms with E-state index in [0.29, 0.717) is 0 Å². The Bertz CT molecular complexity index is 578. The van der Waals surface area contributed by atoms with Crippen LogP contribution in [0.3, 0.4) is 0 Å². The fourth-order valence-electron chi connectivity index (χ4n) is 2.80. The van der Waals surface area contributed by atoms with Gasteiger partial charge in [0.1, 0.15) is 0 Å². The van der Waals surface area contributed by atoms with Crippen LogP contribution in [0.1, 0.15) is 35.7 Å². The summed E-state index contributed by atoms with van der Waals surface area (Å²) in [6.45, 7) is 2.10. The van der Waals surface area contributed by atoms with E-state index in [2.05, 4.69) is 29.5 Å². The molecule has 4 nitrogen and oxygen atoms in total. The first-order valence-corrected chi connectivity index (χ1v) is 6.65. The Labute approximate surface area is 113 Å². The Morgan fingerprint density at radius 1 is 1.42 bits per heavy atom. The molecule has 0 fully saturated rings. The van der Waals surface area contributed by atoms with Crippen LogP contribution in [-0.2, 0) is 13.5 Å². The van der Waals surface area contributed by atoms with Crippen molar-refractivity contribution in [1.29, 1.82) is 0 Å². The third kappa shape index (κ3) is 2.29. The molecule has 0 bridgehead atoms. The lowest BCUT2D eigenvalue weighted by molar-refractivity contribution is 0.136. The van der Waals surface area contributed by atoms with Crippen molar-refractivity contribution < 1.29 is 5.11 Å². The quantitative estimate of drug-likeness (QED) is 0.880. The van der Waals surface area contributed by atoms with Crippen molar-refractivity contribution >= 4 is 0 Å². The molecule has 2 aromatic rings. The summed E-state index contributed by atoms with van der Waals surface area (Å²) in [5.74, 6) is 0. The Morgan fingerprint density at radius 3 is 2.95 bits per heavy atom. The Morgan fingerprint density at radius 2 is 2.21 bits per heavy atom. The molecule has 1 heterocycles. The maximum atomic E-state index is 10.2. The highest BCUT2D eigenvalue weighted by Crippen LogP contribution is 2.33. The Hall–Kier alpha value is -1.65. The van der Waals surface area contributed by atoms with Crippen molar-refractivity contribution in [3.8, 4) is 0 Å². The van der Waals surface area contributed by atoms with E-state index in [1.807, 2.05) is 31.6 Å². The van der Waals surface area contributed by atoms with Crippen LogP contribution >= 0.6 is 0 Å². The van der Waals surface area contributed by atoms with Gasteiger partial charge in [-0.15, -0.1) is 0 Å². The van der Waals surface area contributed by atoms with Gasteiger partial charge in [0, 0.05) is 31.3 Å². The SMILES string of the molecule is CC(NC1c2ccccc2CC1O)c1cnn(C)c1. The fourth-order valence-corrected chi connectivity index (χ4v) is 2.80. The highest BCUT2D eigenvalue weighted by atomic mass is 16.3. The molecule has 0 amide bonds. The van der Waals surface area contributed by atoms with E-state index in [-0.39, 0.29) is 18.2 Å². The second kappa shape index (κ2) is 4.79. The summed E-state index contributed by atoms with van der Waals surface area (Å²) >= 11 is 0. The number of rotatable bonds is 3. The lowest BCUT2D eigenvalue weighted by Crippen LogP contribution is -2.30. The number of nitrogens with one attached hydrogen (secondary N) is 1. The molecule has 19 heavy (non-hydrogen) atoms. The van der Waals surface area contributed by atoms with Crippen molar-refractivity contribution in [3.05, 3.63) is 53.3 Å². The van der Waals surface area contributed by atoms with Crippen molar-refractivity contribution in [3.63, 3.8) is 0 Å². The van der Waals surface area contributed by atoms with Gasteiger partial charge in [-0.3, -0.25) is 4.68 Å². The monoisotopic (exact) mass is 257 g/mol. The van der Waals surface area contributed by atoms with Crippen LogP contribution < -0.4 is 5.32 Å². The third-order valence-corrected chi connectivity index (χ3v) is 3.86. The highest BCUT2D eigenvalue weighted by Gasteiger charge is 2.31. The second-order valence-corrected chi connectivity index (χ2v) is 5.28. The van der Waals surface area contributed by atoms with Crippen LogP contribution in [0.4, 0.5) is 0 Å². The fraction of sp³-hybridized carbons (Fsp3) is 0.400. The first-order valence-electron chi connectivity index (χ1n) is 6.65. The lowest BCUT2D eigenvalue weighted by Gasteiger charge is -2.22. The number of fused-ring (bicyclic) bond motifs is 1. The molecule has 0 radical (unpaired) electrons. The summed E-state index contributed by atoms with van der Waals surface area (Å²) in [6, 6.07) is 8.42. The topological polar surface area (TPSA) is 50.1 Å². The smallest absolute Gasteiger partial charge is 0.0775 e. The summed E-state index contributed by atoms with van der Waals surface area (Å²) in [6.07, 6.45) is 4.25. The zero-order valence-corrected chi connectivity index (χ0v) is 11.2. The minimum Gasteiger partial charge on any atom is -0.391 e. The van der Waals surface area contributed by atoms with E-state index in [4.69, 9.17) is 0 Å². The lowest BCUT2D eigenvalue weighted by atomic mass is 10.1. The Kier molecular flexibility index (Phi) is 3.12. The maximum absolute atomic E-state index is 10.2. The molecule has 0 saturated carbocycles. The molecule has 1 aromatic carbocycles. The molecule has 1 aliphatic carbocycles. The average Bonchev–Trinajstić information content (AvgIpc) is 2.95. The number of hydrogen-bond acceptors (Lipinski definition) is 3. The number of aliphatic hydroxyl groups is 1. The van der Waals surface area contributed by atoms with Gasteiger partial charge in [0.05, 0.1) is 18.3 Å². The first-order chi connectivity index (χ1) is 9.15. The number of benzene rings is 1. The molecule has 4 heteroatoms. The zero-order chi connectivity index (χ0) is 13.4. The molecular formula is C15H19N3O. The van der Waals surface area contributed by atoms with Gasteiger partial charge in [-0.25, -0.2) is 0 Å². The summed E-state index contributed by atoms with van der Waals surface area (Å²) in [7, 11) is 1.91. The van der Waals surface area contributed by atoms with E-state index < -0.39 is 0 Å². The number of aromatic nitrogens is 2. The number of aryl methyl sites for hydroxylation is 1. The van der Waals surface area contributed by atoms with Gasteiger partial charge in [-0.05, 0) is 18.1 Å². The van der Waals surface area contributed by atoms with Gasteiger partial charge < -0.3 is 10.4 Å². The molecule has 3 atom stereocenters. The van der Waals surface area contributed by atoms with E-state index in [9.17, 15) is 5.11 Å². The summed E-state index contributed by atoms with van der Waals surface area (Å²) in [5, 5.41) is 17.9. The van der Waals surface area contributed by atoms with Crippen LogP contribution in [0.15, 0.2) is 36.7 Å². The standard InChI is InChI=1S/C15H19N3O/c1-10(12-8-16-18(2)9-12)17-15-13-6-4-3-5-11(13)7-14(15)19/h3-6,8-10,14-15,17,19H,7H2,1-2H3. The molecule has 3 unspecified atom stereocenters. The molecule has 100 valence electrons. The van der Waals surface area contributed by atoms with Gasteiger partial charge in [-0.2, -0.15) is 5.10 Å². The zero-order valence-electron chi connectivity index (χ0n) is 11.2. The molecule has 0 saturated heterocycles. The van der Waals surface area contributed by atoms with Crippen LogP contribution in [0.2, 0.25) is 0 Å². The van der Waals surface area contributed by atoms with Gasteiger partial charge in [-0.1, -0.05) is 24.3 Å². The maximum Gasteiger partial charge on any atom is 0.0775 e. The van der Waals surface area contributed by atoms with Crippen molar-refractivity contribution in [2.75, 3.05) is 0 Å². The number of hydrogen-bond donors (Lipinski definition) is 2. The Balaban J connectivity index is 1.80. The molecule has 0 aliphatic heterocycles. The van der Waals surface area contributed by atoms with Crippen LogP contribution in [0.5, 0.6) is 0 Å². The van der Waals surface area contributed by atoms with E-state index >= 15 is 0 Å².